The summed E-state index contributed by atoms with van der Waals surface area (Å²) in [6.07, 6.45) is 7.34. The van der Waals surface area contributed by atoms with Crippen LogP contribution in [0.2, 0.25) is 0 Å². The van der Waals surface area contributed by atoms with E-state index in [2.05, 4.69) is 25.5 Å². The highest BCUT2D eigenvalue weighted by Crippen LogP contribution is 2.40. The number of ether oxygens (including phenoxy) is 1. The molecule has 0 spiro atoms. The molecule has 4 aromatic rings. The maximum absolute atomic E-state index is 5.65. The molecule has 0 aromatic carbocycles. The van der Waals surface area contributed by atoms with Gasteiger partial charge in [0.25, 0.3) is 0 Å². The van der Waals surface area contributed by atoms with Crippen molar-refractivity contribution in [1.82, 2.24) is 34.3 Å². The average molecular weight is 364 g/mol. The third-order valence-electron chi connectivity index (χ3n) is 5.22. The van der Waals surface area contributed by atoms with Gasteiger partial charge in [-0.2, -0.15) is 15.2 Å². The number of aryl methyl sites for hydroxylation is 2. The zero-order valence-electron chi connectivity index (χ0n) is 15.5. The average Bonchev–Trinajstić information content (AvgIpc) is 3.18. The van der Waals surface area contributed by atoms with Crippen molar-refractivity contribution in [3.63, 3.8) is 0 Å². The van der Waals surface area contributed by atoms with E-state index in [1.54, 1.807) is 11.6 Å². The van der Waals surface area contributed by atoms with E-state index >= 15 is 0 Å². The highest BCUT2D eigenvalue weighted by molar-refractivity contribution is 5.78. The highest BCUT2D eigenvalue weighted by atomic mass is 16.5. The minimum Gasteiger partial charge on any atom is -0.376 e. The van der Waals surface area contributed by atoms with Crippen LogP contribution in [0.3, 0.4) is 0 Å². The van der Waals surface area contributed by atoms with Crippen LogP contribution in [-0.4, -0.2) is 47.1 Å². The van der Waals surface area contributed by atoms with E-state index in [0.717, 1.165) is 46.5 Å². The van der Waals surface area contributed by atoms with Gasteiger partial charge in [0, 0.05) is 13.3 Å². The van der Waals surface area contributed by atoms with Crippen molar-refractivity contribution in [2.45, 2.75) is 38.8 Å². The second-order valence-corrected chi connectivity index (χ2v) is 7.12. The molecule has 4 aromatic heterocycles. The SMILES string of the molecule is COC1(Cn2nc(C)c3cnc(Nc4cn5ncnc5cc4C)nc32)CC1. The van der Waals surface area contributed by atoms with E-state index in [1.807, 2.05) is 37.0 Å². The molecule has 0 radical (unpaired) electrons. The Morgan fingerprint density at radius 3 is 2.89 bits per heavy atom. The molecule has 0 saturated heterocycles. The van der Waals surface area contributed by atoms with Gasteiger partial charge in [-0.1, -0.05) is 0 Å². The molecule has 1 N–H and O–H groups in total. The Morgan fingerprint density at radius 2 is 2.11 bits per heavy atom. The molecule has 0 bridgehead atoms. The molecule has 9 heteroatoms. The molecule has 1 fully saturated rings. The summed E-state index contributed by atoms with van der Waals surface area (Å²) in [5.41, 5.74) is 4.36. The van der Waals surface area contributed by atoms with Crippen molar-refractivity contribution in [2.24, 2.45) is 0 Å². The van der Waals surface area contributed by atoms with Crippen LogP contribution in [0.5, 0.6) is 0 Å². The number of fused-ring (bicyclic) bond motifs is 2. The van der Waals surface area contributed by atoms with Gasteiger partial charge in [0.15, 0.2) is 11.3 Å². The van der Waals surface area contributed by atoms with E-state index in [4.69, 9.17) is 9.72 Å². The minimum absolute atomic E-state index is 0.0986. The maximum atomic E-state index is 5.65. The summed E-state index contributed by atoms with van der Waals surface area (Å²) in [6, 6.07) is 1.97. The Labute approximate surface area is 155 Å². The quantitative estimate of drug-likeness (QED) is 0.581. The lowest BCUT2D eigenvalue weighted by molar-refractivity contribution is 0.0629. The van der Waals surface area contributed by atoms with Gasteiger partial charge in [-0.15, -0.1) is 0 Å². The van der Waals surface area contributed by atoms with Gasteiger partial charge in [0.1, 0.15) is 6.33 Å². The minimum atomic E-state index is -0.0986. The Morgan fingerprint density at radius 1 is 1.26 bits per heavy atom. The standard InChI is InChI=1S/C18H20N8O/c1-11-6-15-20-10-21-25(15)8-14(11)22-17-19-7-13-12(2)24-26(16(13)23-17)9-18(27-3)4-5-18/h6-8,10H,4-5,9H2,1-3H3,(H,19,22,23). The van der Waals surface area contributed by atoms with Crippen LogP contribution < -0.4 is 5.32 Å². The maximum Gasteiger partial charge on any atom is 0.229 e. The molecule has 9 nitrogen and oxygen atoms in total. The zero-order valence-corrected chi connectivity index (χ0v) is 15.5. The number of anilines is 2. The molecular weight excluding hydrogens is 344 g/mol. The number of aromatic nitrogens is 7. The summed E-state index contributed by atoms with van der Waals surface area (Å²) in [4.78, 5) is 13.4. The van der Waals surface area contributed by atoms with Crippen LogP contribution in [0.4, 0.5) is 11.6 Å². The summed E-state index contributed by atoms with van der Waals surface area (Å²) in [5, 5.41) is 13.1. The lowest BCUT2D eigenvalue weighted by atomic mass is 10.2. The predicted octanol–water partition coefficient (Wildman–Crippen LogP) is 2.41. The predicted molar refractivity (Wildman–Crippen MR) is 100 cm³/mol. The van der Waals surface area contributed by atoms with Crippen LogP contribution in [0, 0.1) is 13.8 Å². The summed E-state index contributed by atoms with van der Waals surface area (Å²) in [7, 11) is 1.76. The molecular formula is C18H20N8O. The number of hydrogen-bond acceptors (Lipinski definition) is 7. The smallest absolute Gasteiger partial charge is 0.229 e. The van der Waals surface area contributed by atoms with Gasteiger partial charge in [-0.05, 0) is 38.3 Å². The van der Waals surface area contributed by atoms with E-state index < -0.39 is 0 Å². The molecule has 27 heavy (non-hydrogen) atoms. The second-order valence-electron chi connectivity index (χ2n) is 7.12. The molecule has 0 amide bonds. The fourth-order valence-corrected chi connectivity index (χ4v) is 3.33. The van der Waals surface area contributed by atoms with Gasteiger partial charge >= 0.3 is 0 Å². The Kier molecular flexibility index (Phi) is 3.41. The van der Waals surface area contributed by atoms with Crippen LogP contribution in [-0.2, 0) is 11.3 Å². The van der Waals surface area contributed by atoms with E-state index in [0.29, 0.717) is 12.5 Å². The van der Waals surface area contributed by atoms with Gasteiger partial charge in [-0.25, -0.2) is 19.2 Å². The molecule has 4 heterocycles. The molecule has 5 rings (SSSR count). The summed E-state index contributed by atoms with van der Waals surface area (Å²) < 4.78 is 9.30. The van der Waals surface area contributed by atoms with E-state index in [9.17, 15) is 0 Å². The summed E-state index contributed by atoms with van der Waals surface area (Å²) >= 11 is 0. The van der Waals surface area contributed by atoms with E-state index in [-0.39, 0.29) is 5.60 Å². The zero-order chi connectivity index (χ0) is 18.6. The molecule has 0 aliphatic heterocycles. The van der Waals surface area contributed by atoms with Crippen molar-refractivity contribution in [3.05, 3.63) is 36.0 Å². The molecule has 0 unspecified atom stereocenters. The number of methoxy groups -OCH3 is 1. The first-order chi connectivity index (χ1) is 13.1. The van der Waals surface area contributed by atoms with Crippen molar-refractivity contribution in [1.29, 1.82) is 0 Å². The summed E-state index contributed by atoms with van der Waals surface area (Å²) in [5.74, 6) is 0.522. The fourth-order valence-electron chi connectivity index (χ4n) is 3.33. The summed E-state index contributed by atoms with van der Waals surface area (Å²) in [6.45, 7) is 4.69. The van der Waals surface area contributed by atoms with Crippen LogP contribution >= 0.6 is 0 Å². The second kappa shape index (κ2) is 5.71. The Bertz CT molecular complexity index is 1160. The van der Waals surface area contributed by atoms with Crippen LogP contribution in [0.15, 0.2) is 24.8 Å². The number of pyridine rings is 1. The van der Waals surface area contributed by atoms with Crippen molar-refractivity contribution >= 4 is 28.3 Å². The van der Waals surface area contributed by atoms with Crippen molar-refractivity contribution < 1.29 is 4.74 Å². The third kappa shape index (κ3) is 2.71. The van der Waals surface area contributed by atoms with Gasteiger partial charge in [0.2, 0.25) is 5.95 Å². The van der Waals surface area contributed by atoms with Gasteiger partial charge in [-0.3, -0.25) is 0 Å². The Balaban J connectivity index is 1.52. The third-order valence-corrected chi connectivity index (χ3v) is 5.22. The lowest BCUT2D eigenvalue weighted by Gasteiger charge is -2.13. The number of nitrogens with one attached hydrogen (secondary N) is 1. The first-order valence-electron chi connectivity index (χ1n) is 8.89. The largest absolute Gasteiger partial charge is 0.376 e. The molecule has 138 valence electrons. The first kappa shape index (κ1) is 16.1. The van der Waals surface area contributed by atoms with Crippen LogP contribution in [0.25, 0.3) is 16.7 Å². The van der Waals surface area contributed by atoms with Crippen molar-refractivity contribution in [2.75, 3.05) is 12.4 Å². The first-order valence-corrected chi connectivity index (χ1v) is 8.89. The van der Waals surface area contributed by atoms with Crippen molar-refractivity contribution in [3.8, 4) is 0 Å². The van der Waals surface area contributed by atoms with E-state index in [1.165, 1.54) is 6.33 Å². The number of hydrogen-bond donors (Lipinski definition) is 1. The number of rotatable bonds is 5. The lowest BCUT2D eigenvalue weighted by Crippen LogP contribution is -2.21. The topological polar surface area (TPSA) is 95.0 Å². The highest BCUT2D eigenvalue weighted by Gasteiger charge is 2.44. The van der Waals surface area contributed by atoms with Gasteiger partial charge in [0.05, 0.1) is 35.1 Å². The molecule has 1 aliphatic carbocycles. The van der Waals surface area contributed by atoms with Crippen LogP contribution in [0.1, 0.15) is 24.1 Å². The number of nitrogens with zero attached hydrogens (tertiary/aromatic N) is 7. The molecule has 0 atom stereocenters. The monoisotopic (exact) mass is 364 g/mol. The Hall–Kier alpha value is -3.07. The molecule has 1 saturated carbocycles. The fraction of sp³-hybridized carbons (Fsp3) is 0.389. The normalized spacial score (nSPS) is 15.5. The van der Waals surface area contributed by atoms with Gasteiger partial charge < -0.3 is 10.1 Å². The molecule has 1 aliphatic rings.